The highest BCUT2D eigenvalue weighted by Gasteiger charge is 2.07. The van der Waals surface area contributed by atoms with Crippen LogP contribution in [0.4, 0.5) is 0 Å². The monoisotopic (exact) mass is 309 g/mol. The fraction of sp³-hybridized carbons (Fsp3) is 0.250. The van der Waals surface area contributed by atoms with Crippen LogP contribution >= 0.6 is 0 Å². The van der Waals surface area contributed by atoms with E-state index in [9.17, 15) is 4.79 Å². The summed E-state index contributed by atoms with van der Waals surface area (Å²) in [5.41, 5.74) is 3.36. The first kappa shape index (κ1) is 16.8. The molecule has 23 heavy (non-hydrogen) atoms. The Balaban J connectivity index is 1.93. The largest absolute Gasteiger partial charge is 0.497 e. The first-order valence-corrected chi connectivity index (χ1v) is 7.84. The molecular weight excluding hydrogens is 286 g/mol. The van der Waals surface area contributed by atoms with Crippen molar-refractivity contribution in [3.05, 3.63) is 71.3 Å². The van der Waals surface area contributed by atoms with Crippen LogP contribution < -0.4 is 10.1 Å². The third kappa shape index (κ3) is 4.99. The molecule has 2 aromatic carbocycles. The van der Waals surface area contributed by atoms with Crippen LogP contribution in [0.25, 0.3) is 6.08 Å². The first-order chi connectivity index (χ1) is 11.1. The molecule has 0 heterocycles. The van der Waals surface area contributed by atoms with Gasteiger partial charge < -0.3 is 10.1 Å². The molecule has 3 nitrogen and oxygen atoms in total. The van der Waals surface area contributed by atoms with Gasteiger partial charge in [0.05, 0.1) is 13.2 Å². The van der Waals surface area contributed by atoms with Crippen molar-refractivity contribution in [2.24, 2.45) is 0 Å². The van der Waals surface area contributed by atoms with Gasteiger partial charge in [0.2, 0.25) is 5.91 Å². The van der Waals surface area contributed by atoms with E-state index < -0.39 is 0 Å². The zero-order chi connectivity index (χ0) is 16.7. The molecule has 3 heteroatoms. The van der Waals surface area contributed by atoms with Crippen LogP contribution in [0.15, 0.2) is 54.6 Å². The van der Waals surface area contributed by atoms with E-state index in [-0.39, 0.29) is 11.9 Å². The van der Waals surface area contributed by atoms with Gasteiger partial charge in [0.15, 0.2) is 0 Å². The van der Waals surface area contributed by atoms with Crippen LogP contribution in [0.5, 0.6) is 5.75 Å². The van der Waals surface area contributed by atoms with Crippen LogP contribution in [0, 0.1) is 0 Å². The number of carbonyl (C=O) groups is 1. The Bertz CT molecular complexity index is 657. The maximum atomic E-state index is 12.0. The van der Waals surface area contributed by atoms with Crippen molar-refractivity contribution >= 4 is 12.0 Å². The molecule has 0 aliphatic carbocycles. The zero-order valence-corrected chi connectivity index (χ0v) is 13.9. The molecule has 0 saturated heterocycles. The minimum Gasteiger partial charge on any atom is -0.497 e. The predicted octanol–water partition coefficient (Wildman–Crippen LogP) is 4.15. The molecule has 2 aromatic rings. The van der Waals surface area contributed by atoms with Crippen molar-refractivity contribution < 1.29 is 9.53 Å². The molecule has 0 fully saturated rings. The number of ether oxygens (including phenoxy) is 1. The Hall–Kier alpha value is -2.55. The standard InChI is InChI=1S/C20H23NO2/c1-4-16-5-10-18(11-6-16)15(2)21-20(22)14-9-17-7-12-19(23-3)13-8-17/h5-15H,4H2,1-3H3,(H,21,22)/b14-9+/t15-/m1/s1. The van der Waals surface area contributed by atoms with Crippen molar-refractivity contribution in [3.63, 3.8) is 0 Å². The van der Waals surface area contributed by atoms with Crippen LogP contribution in [-0.4, -0.2) is 13.0 Å². The predicted molar refractivity (Wildman–Crippen MR) is 94.4 cm³/mol. The van der Waals surface area contributed by atoms with Crippen molar-refractivity contribution in [2.45, 2.75) is 26.3 Å². The summed E-state index contributed by atoms with van der Waals surface area (Å²) >= 11 is 0. The minimum absolute atomic E-state index is 0.0195. The summed E-state index contributed by atoms with van der Waals surface area (Å²) in [6, 6.07) is 15.9. The summed E-state index contributed by atoms with van der Waals surface area (Å²) in [5, 5.41) is 2.98. The van der Waals surface area contributed by atoms with Gasteiger partial charge in [0.25, 0.3) is 0 Å². The van der Waals surface area contributed by atoms with E-state index in [1.807, 2.05) is 31.2 Å². The number of amides is 1. The number of carbonyl (C=O) groups excluding carboxylic acids is 1. The minimum atomic E-state index is -0.104. The highest BCUT2D eigenvalue weighted by atomic mass is 16.5. The smallest absolute Gasteiger partial charge is 0.244 e. The molecule has 2 rings (SSSR count). The van der Waals surface area contributed by atoms with Crippen molar-refractivity contribution in [1.29, 1.82) is 0 Å². The first-order valence-electron chi connectivity index (χ1n) is 7.84. The Kier molecular flexibility index (Phi) is 5.98. The van der Waals surface area contributed by atoms with Crippen molar-refractivity contribution in [3.8, 4) is 5.75 Å². The van der Waals surface area contributed by atoms with Gasteiger partial charge in [-0.1, -0.05) is 43.3 Å². The molecule has 0 unspecified atom stereocenters. The van der Waals surface area contributed by atoms with Crippen LogP contribution in [0.2, 0.25) is 0 Å². The van der Waals surface area contributed by atoms with Crippen LogP contribution in [0.3, 0.4) is 0 Å². The Morgan fingerprint density at radius 2 is 1.78 bits per heavy atom. The third-order valence-electron chi connectivity index (χ3n) is 3.79. The normalized spacial score (nSPS) is 12.1. The number of hydrogen-bond donors (Lipinski definition) is 1. The third-order valence-corrected chi connectivity index (χ3v) is 3.79. The summed E-state index contributed by atoms with van der Waals surface area (Å²) in [7, 11) is 1.63. The number of benzene rings is 2. The maximum absolute atomic E-state index is 12.0. The number of rotatable bonds is 6. The molecule has 0 radical (unpaired) electrons. The van der Waals surface area contributed by atoms with E-state index in [2.05, 4.69) is 36.5 Å². The molecule has 1 N–H and O–H groups in total. The zero-order valence-electron chi connectivity index (χ0n) is 13.9. The lowest BCUT2D eigenvalue weighted by Crippen LogP contribution is -2.24. The summed E-state index contributed by atoms with van der Waals surface area (Å²) in [6.45, 7) is 4.12. The van der Waals surface area contributed by atoms with Crippen molar-refractivity contribution in [1.82, 2.24) is 5.32 Å². The average Bonchev–Trinajstić information content (AvgIpc) is 2.60. The molecule has 1 amide bonds. The molecular formula is C20H23NO2. The van der Waals surface area contributed by atoms with Gasteiger partial charge in [0, 0.05) is 6.08 Å². The number of nitrogens with one attached hydrogen (secondary N) is 1. The van der Waals surface area contributed by atoms with E-state index >= 15 is 0 Å². The quantitative estimate of drug-likeness (QED) is 0.814. The van der Waals surface area contributed by atoms with E-state index in [1.165, 1.54) is 5.56 Å². The van der Waals surface area contributed by atoms with Gasteiger partial charge in [0.1, 0.15) is 5.75 Å². The summed E-state index contributed by atoms with van der Waals surface area (Å²) in [6.07, 6.45) is 4.37. The van der Waals surface area contributed by atoms with E-state index in [0.29, 0.717) is 0 Å². The second-order valence-electron chi connectivity index (χ2n) is 5.43. The lowest BCUT2D eigenvalue weighted by atomic mass is 10.0. The lowest BCUT2D eigenvalue weighted by Gasteiger charge is -2.13. The average molecular weight is 309 g/mol. The van der Waals surface area contributed by atoms with Gasteiger partial charge in [-0.2, -0.15) is 0 Å². The Labute approximate surface area is 138 Å². The number of aryl methyl sites for hydroxylation is 1. The van der Waals surface area contributed by atoms with Gasteiger partial charge in [-0.15, -0.1) is 0 Å². The molecule has 0 aliphatic rings. The highest BCUT2D eigenvalue weighted by Crippen LogP contribution is 2.14. The highest BCUT2D eigenvalue weighted by molar-refractivity contribution is 5.91. The molecule has 0 saturated carbocycles. The summed E-state index contributed by atoms with van der Waals surface area (Å²) < 4.78 is 5.11. The summed E-state index contributed by atoms with van der Waals surface area (Å²) in [5.74, 6) is 0.698. The number of hydrogen-bond acceptors (Lipinski definition) is 2. The molecule has 1 atom stereocenters. The van der Waals surface area contributed by atoms with E-state index in [1.54, 1.807) is 19.3 Å². The lowest BCUT2D eigenvalue weighted by molar-refractivity contribution is -0.117. The van der Waals surface area contributed by atoms with Crippen molar-refractivity contribution in [2.75, 3.05) is 7.11 Å². The van der Waals surface area contributed by atoms with Crippen LogP contribution in [0.1, 0.15) is 36.6 Å². The van der Waals surface area contributed by atoms with E-state index in [0.717, 1.165) is 23.3 Å². The van der Waals surface area contributed by atoms with E-state index in [4.69, 9.17) is 4.74 Å². The maximum Gasteiger partial charge on any atom is 0.244 e. The topological polar surface area (TPSA) is 38.3 Å². The molecule has 0 aromatic heterocycles. The fourth-order valence-electron chi connectivity index (χ4n) is 2.27. The Morgan fingerprint density at radius 1 is 1.13 bits per heavy atom. The number of methoxy groups -OCH3 is 1. The Morgan fingerprint density at radius 3 is 2.35 bits per heavy atom. The fourth-order valence-corrected chi connectivity index (χ4v) is 2.27. The van der Waals surface area contributed by atoms with Gasteiger partial charge >= 0.3 is 0 Å². The second kappa shape index (κ2) is 8.18. The molecule has 0 bridgehead atoms. The van der Waals surface area contributed by atoms with Gasteiger partial charge in [-0.05, 0) is 48.2 Å². The SMILES string of the molecule is CCc1ccc([C@@H](C)NC(=O)/C=C/c2ccc(OC)cc2)cc1. The summed E-state index contributed by atoms with van der Waals surface area (Å²) in [4.78, 5) is 12.0. The van der Waals surface area contributed by atoms with Crippen LogP contribution in [-0.2, 0) is 11.2 Å². The molecule has 0 aliphatic heterocycles. The van der Waals surface area contributed by atoms with Gasteiger partial charge in [-0.25, -0.2) is 0 Å². The van der Waals surface area contributed by atoms with Gasteiger partial charge in [-0.3, -0.25) is 4.79 Å². The molecule has 120 valence electrons. The second-order valence-corrected chi connectivity index (χ2v) is 5.43. The molecule has 0 spiro atoms.